The molecule has 0 unspecified atom stereocenters. The Morgan fingerprint density at radius 1 is 1.23 bits per heavy atom. The Labute approximate surface area is 205 Å². The minimum atomic E-state index is -0.221. The standard InChI is InChI=1S/C25H33N7O3/c1-18-14-20-15-19(4-7-23(20)25(34)35-18)8-9-31-10-12-32(13-11-31)24(33)16-21-5-6-22(17-27-21)30(3)29-28-26-2/h4-7,15,17-18H,8-14,16H2,1-3H3,(H,26,29)/t18-/m0/s1. The molecule has 1 N–H and O–H groups in total. The summed E-state index contributed by atoms with van der Waals surface area (Å²) in [5.74, 6) is -0.118. The molecule has 0 bridgehead atoms. The van der Waals surface area contributed by atoms with Gasteiger partial charge in [0.15, 0.2) is 0 Å². The van der Waals surface area contributed by atoms with E-state index in [2.05, 4.69) is 31.8 Å². The summed E-state index contributed by atoms with van der Waals surface area (Å²) in [4.78, 5) is 33.5. The number of benzene rings is 1. The molecule has 10 nitrogen and oxygen atoms in total. The number of cyclic esters (lactones) is 1. The quantitative estimate of drug-likeness (QED) is 0.351. The van der Waals surface area contributed by atoms with Crippen molar-refractivity contribution in [3.8, 4) is 0 Å². The smallest absolute Gasteiger partial charge is 0.338 e. The number of hydrogen-bond donors (Lipinski definition) is 1. The first kappa shape index (κ1) is 24.6. The molecule has 1 aromatic heterocycles. The number of fused-ring (bicyclic) bond motifs is 1. The SMILES string of the molecule is CN=NNN(C)c1ccc(CC(=O)N2CCN(CCc3ccc4c(c3)C[C@H](C)OC4=O)CC2)nc1. The molecular formula is C25H33N7O3. The van der Waals surface area contributed by atoms with Crippen molar-refractivity contribution in [2.24, 2.45) is 10.3 Å². The number of carbonyl (C=O) groups is 2. The van der Waals surface area contributed by atoms with Gasteiger partial charge in [0.25, 0.3) is 0 Å². The van der Waals surface area contributed by atoms with Crippen LogP contribution in [0.5, 0.6) is 0 Å². The van der Waals surface area contributed by atoms with Gasteiger partial charge in [0.1, 0.15) is 6.10 Å². The van der Waals surface area contributed by atoms with Gasteiger partial charge in [-0.15, -0.1) is 0 Å². The molecule has 1 fully saturated rings. The van der Waals surface area contributed by atoms with Gasteiger partial charge < -0.3 is 9.64 Å². The van der Waals surface area contributed by atoms with E-state index in [1.165, 1.54) is 5.56 Å². The Balaban J connectivity index is 1.22. The predicted octanol–water partition coefficient (Wildman–Crippen LogP) is 2.05. The van der Waals surface area contributed by atoms with Crippen molar-refractivity contribution in [1.82, 2.24) is 20.3 Å². The minimum Gasteiger partial charge on any atom is -0.459 e. The van der Waals surface area contributed by atoms with Gasteiger partial charge in [-0.05, 0) is 42.7 Å². The zero-order chi connectivity index (χ0) is 24.8. The Morgan fingerprint density at radius 2 is 2.03 bits per heavy atom. The number of piperazine rings is 1. The summed E-state index contributed by atoms with van der Waals surface area (Å²) in [6, 6.07) is 9.82. The number of nitrogens with one attached hydrogen (secondary N) is 1. The second kappa shape index (κ2) is 11.3. The first-order valence-electron chi connectivity index (χ1n) is 12.0. The monoisotopic (exact) mass is 479 g/mol. The second-order valence-electron chi connectivity index (χ2n) is 9.03. The lowest BCUT2D eigenvalue weighted by Crippen LogP contribution is -2.49. The van der Waals surface area contributed by atoms with Crippen molar-refractivity contribution >= 4 is 17.6 Å². The number of rotatable bonds is 8. The summed E-state index contributed by atoms with van der Waals surface area (Å²) >= 11 is 0. The van der Waals surface area contributed by atoms with E-state index in [-0.39, 0.29) is 18.0 Å². The number of hydrogen-bond acceptors (Lipinski definition) is 8. The number of ether oxygens (including phenoxy) is 1. The molecule has 4 rings (SSSR count). The molecule has 2 aliphatic rings. The molecule has 2 aromatic rings. The number of carbonyl (C=O) groups excluding carboxylic acids is 2. The maximum Gasteiger partial charge on any atom is 0.338 e. The molecule has 3 heterocycles. The predicted molar refractivity (Wildman–Crippen MR) is 132 cm³/mol. The molecule has 35 heavy (non-hydrogen) atoms. The molecule has 1 saturated heterocycles. The van der Waals surface area contributed by atoms with Crippen LogP contribution in [0.2, 0.25) is 0 Å². The van der Waals surface area contributed by atoms with Crippen LogP contribution in [0.3, 0.4) is 0 Å². The number of amides is 1. The lowest BCUT2D eigenvalue weighted by atomic mass is 9.96. The molecule has 1 atom stereocenters. The normalized spacial score (nSPS) is 18.3. The number of aromatic nitrogens is 1. The van der Waals surface area contributed by atoms with Crippen LogP contribution in [0.25, 0.3) is 0 Å². The number of anilines is 1. The number of nitrogens with zero attached hydrogens (tertiary/aromatic N) is 6. The minimum absolute atomic E-state index is 0.0691. The Bertz CT molecular complexity index is 1070. The fourth-order valence-corrected chi connectivity index (χ4v) is 4.43. The van der Waals surface area contributed by atoms with Crippen LogP contribution in [-0.4, -0.2) is 79.6 Å². The molecule has 1 amide bonds. The van der Waals surface area contributed by atoms with Gasteiger partial charge in [0.05, 0.1) is 30.9 Å². The molecule has 0 spiro atoms. The summed E-state index contributed by atoms with van der Waals surface area (Å²) in [5.41, 5.74) is 7.34. The topological polar surface area (TPSA) is 103 Å². The van der Waals surface area contributed by atoms with Gasteiger partial charge in [-0.2, -0.15) is 10.6 Å². The van der Waals surface area contributed by atoms with E-state index >= 15 is 0 Å². The van der Waals surface area contributed by atoms with E-state index in [1.54, 1.807) is 18.3 Å². The van der Waals surface area contributed by atoms with E-state index in [0.717, 1.165) is 62.5 Å². The average Bonchev–Trinajstić information content (AvgIpc) is 2.86. The van der Waals surface area contributed by atoms with Gasteiger partial charge in [-0.25, -0.2) is 4.79 Å². The summed E-state index contributed by atoms with van der Waals surface area (Å²) in [6.07, 6.45) is 3.63. The highest BCUT2D eigenvalue weighted by Gasteiger charge is 2.24. The van der Waals surface area contributed by atoms with E-state index in [4.69, 9.17) is 4.74 Å². The summed E-state index contributed by atoms with van der Waals surface area (Å²) < 4.78 is 5.31. The molecule has 0 saturated carbocycles. The third kappa shape index (κ3) is 6.33. The second-order valence-corrected chi connectivity index (χ2v) is 9.03. The zero-order valence-corrected chi connectivity index (χ0v) is 20.6. The maximum atomic E-state index is 12.8. The molecule has 0 aliphatic carbocycles. The largest absolute Gasteiger partial charge is 0.459 e. The lowest BCUT2D eigenvalue weighted by molar-refractivity contribution is -0.132. The van der Waals surface area contributed by atoms with Crippen LogP contribution in [0.1, 0.15) is 34.1 Å². The van der Waals surface area contributed by atoms with Crippen molar-refractivity contribution in [2.45, 2.75) is 32.3 Å². The molecule has 2 aliphatic heterocycles. The zero-order valence-electron chi connectivity index (χ0n) is 20.6. The van der Waals surface area contributed by atoms with E-state index < -0.39 is 0 Å². The third-order valence-electron chi connectivity index (χ3n) is 6.47. The van der Waals surface area contributed by atoms with Crippen LogP contribution in [0.15, 0.2) is 46.9 Å². The summed E-state index contributed by atoms with van der Waals surface area (Å²) in [7, 11) is 3.40. The van der Waals surface area contributed by atoms with Crippen LogP contribution >= 0.6 is 0 Å². The van der Waals surface area contributed by atoms with E-state index in [9.17, 15) is 9.59 Å². The number of esters is 1. The number of hydrazine groups is 1. The van der Waals surface area contributed by atoms with Crippen molar-refractivity contribution in [1.29, 1.82) is 0 Å². The highest BCUT2D eigenvalue weighted by atomic mass is 16.5. The van der Waals surface area contributed by atoms with Gasteiger partial charge in [-0.1, -0.05) is 17.4 Å². The van der Waals surface area contributed by atoms with Crippen molar-refractivity contribution < 1.29 is 14.3 Å². The van der Waals surface area contributed by atoms with Gasteiger partial charge in [0, 0.05) is 51.9 Å². The van der Waals surface area contributed by atoms with Gasteiger partial charge >= 0.3 is 5.97 Å². The Hall–Kier alpha value is -3.53. The average molecular weight is 480 g/mol. The third-order valence-corrected chi connectivity index (χ3v) is 6.47. The lowest BCUT2D eigenvalue weighted by Gasteiger charge is -2.34. The van der Waals surface area contributed by atoms with E-state index in [1.807, 2.05) is 43.1 Å². The Kier molecular flexibility index (Phi) is 7.91. The summed E-state index contributed by atoms with van der Waals surface area (Å²) in [6.45, 7) is 6.02. The van der Waals surface area contributed by atoms with Gasteiger partial charge in [-0.3, -0.25) is 19.7 Å². The van der Waals surface area contributed by atoms with Crippen LogP contribution in [0, 0.1) is 0 Å². The number of pyridine rings is 1. The van der Waals surface area contributed by atoms with Crippen molar-refractivity contribution in [3.63, 3.8) is 0 Å². The first-order valence-corrected chi connectivity index (χ1v) is 12.0. The molecule has 186 valence electrons. The van der Waals surface area contributed by atoms with Gasteiger partial charge in [0.2, 0.25) is 5.91 Å². The maximum absolute atomic E-state index is 12.8. The fraction of sp³-hybridized carbons (Fsp3) is 0.480. The van der Waals surface area contributed by atoms with E-state index in [0.29, 0.717) is 12.0 Å². The van der Waals surface area contributed by atoms with Crippen LogP contribution in [0.4, 0.5) is 5.69 Å². The van der Waals surface area contributed by atoms with Crippen molar-refractivity contribution in [2.75, 3.05) is 51.8 Å². The van der Waals surface area contributed by atoms with Crippen LogP contribution in [-0.2, 0) is 28.8 Å². The summed E-state index contributed by atoms with van der Waals surface area (Å²) in [5, 5.41) is 9.07. The molecular weight excluding hydrogens is 446 g/mol. The molecule has 10 heteroatoms. The first-order chi connectivity index (χ1) is 16.9. The molecule has 1 aromatic carbocycles. The van der Waals surface area contributed by atoms with Crippen LogP contribution < -0.4 is 10.5 Å². The van der Waals surface area contributed by atoms with Crippen molar-refractivity contribution in [3.05, 3.63) is 58.9 Å². The molecule has 0 radical (unpaired) electrons. The fourth-order valence-electron chi connectivity index (χ4n) is 4.43. The highest BCUT2D eigenvalue weighted by molar-refractivity contribution is 5.92. The highest BCUT2D eigenvalue weighted by Crippen LogP contribution is 2.22. The Morgan fingerprint density at radius 3 is 2.74 bits per heavy atom.